The Morgan fingerprint density at radius 3 is 2.67 bits per heavy atom. The van der Waals surface area contributed by atoms with E-state index in [9.17, 15) is 8.42 Å². The number of aryl methyl sites for hydroxylation is 1. The van der Waals surface area contributed by atoms with Gasteiger partial charge in [0.15, 0.2) is 9.34 Å². The Labute approximate surface area is 112 Å². The summed E-state index contributed by atoms with van der Waals surface area (Å²) < 4.78 is 27.3. The Morgan fingerprint density at radius 1 is 1.50 bits per heavy atom. The smallest absolute Gasteiger partial charge is 0.255 e. The summed E-state index contributed by atoms with van der Waals surface area (Å²) in [5.41, 5.74) is 6.11. The number of nitrogens with zero attached hydrogens (tertiary/aromatic N) is 2. The van der Waals surface area contributed by atoms with Gasteiger partial charge >= 0.3 is 0 Å². The summed E-state index contributed by atoms with van der Waals surface area (Å²) in [7, 11) is -3.45. The van der Waals surface area contributed by atoms with Crippen molar-refractivity contribution in [2.24, 2.45) is 0 Å². The largest absolute Gasteiger partial charge is 0.375 e. The quantitative estimate of drug-likeness (QED) is 0.923. The van der Waals surface area contributed by atoms with Gasteiger partial charge in [-0.25, -0.2) is 13.4 Å². The maximum atomic E-state index is 12.7. The maximum Gasteiger partial charge on any atom is 0.255 e. The molecule has 0 spiro atoms. The molecule has 7 heteroatoms. The lowest BCUT2D eigenvalue weighted by Gasteiger charge is -2.26. The van der Waals surface area contributed by atoms with Crippen LogP contribution in [0.25, 0.3) is 0 Å². The number of hydrogen-bond donors (Lipinski definition) is 1. The van der Waals surface area contributed by atoms with Gasteiger partial charge in [-0.2, -0.15) is 4.31 Å². The molecule has 1 saturated heterocycles. The Hall–Kier alpha value is -0.660. The third kappa shape index (κ3) is 2.15. The molecular weight excluding hydrogens is 270 g/mol. The fraction of sp³-hybridized carbons (Fsp3) is 0.727. The lowest BCUT2D eigenvalue weighted by Crippen LogP contribution is -2.39. The molecule has 0 radical (unpaired) electrons. The van der Waals surface area contributed by atoms with Crippen molar-refractivity contribution in [3.8, 4) is 0 Å². The predicted octanol–water partition coefficient (Wildman–Crippen LogP) is 1.99. The fourth-order valence-corrected chi connectivity index (χ4v) is 5.94. The van der Waals surface area contributed by atoms with E-state index in [1.807, 2.05) is 13.8 Å². The van der Waals surface area contributed by atoms with Crippen LogP contribution in [0.1, 0.15) is 38.8 Å². The number of rotatable bonds is 3. The zero-order valence-corrected chi connectivity index (χ0v) is 12.5. The van der Waals surface area contributed by atoms with Crippen LogP contribution in [0.3, 0.4) is 0 Å². The van der Waals surface area contributed by atoms with Crippen molar-refractivity contribution in [2.45, 2.75) is 56.3 Å². The van der Waals surface area contributed by atoms with Gasteiger partial charge in [0.1, 0.15) is 0 Å². The van der Waals surface area contributed by atoms with Gasteiger partial charge in [0, 0.05) is 12.1 Å². The van der Waals surface area contributed by atoms with Crippen LogP contribution in [0.15, 0.2) is 4.21 Å². The molecule has 1 aliphatic heterocycles. The van der Waals surface area contributed by atoms with Crippen molar-refractivity contribution in [3.05, 3.63) is 5.69 Å². The molecule has 1 aliphatic rings. The minimum Gasteiger partial charge on any atom is -0.375 e. The summed E-state index contributed by atoms with van der Waals surface area (Å²) in [6.07, 6.45) is 2.70. The highest BCUT2D eigenvalue weighted by molar-refractivity contribution is 7.91. The number of thiazole rings is 1. The predicted molar refractivity (Wildman–Crippen MR) is 73.1 cm³/mol. The molecule has 1 fully saturated rings. The van der Waals surface area contributed by atoms with Crippen LogP contribution in [-0.4, -0.2) is 29.8 Å². The van der Waals surface area contributed by atoms with E-state index in [1.165, 1.54) is 0 Å². The second-order valence-electron chi connectivity index (χ2n) is 4.75. The minimum atomic E-state index is -3.45. The second-order valence-corrected chi connectivity index (χ2v) is 7.82. The number of nitrogens with two attached hydrogens (primary N) is 1. The van der Waals surface area contributed by atoms with E-state index in [0.29, 0.717) is 15.0 Å². The molecule has 0 saturated carbocycles. The van der Waals surface area contributed by atoms with E-state index in [2.05, 4.69) is 4.98 Å². The number of hydrogen-bond acceptors (Lipinski definition) is 5. The summed E-state index contributed by atoms with van der Waals surface area (Å²) in [6.45, 7) is 5.69. The van der Waals surface area contributed by atoms with E-state index in [-0.39, 0.29) is 12.1 Å². The molecule has 2 atom stereocenters. The Morgan fingerprint density at radius 2 is 2.17 bits per heavy atom. The Kier molecular flexibility index (Phi) is 3.66. The maximum absolute atomic E-state index is 12.7. The monoisotopic (exact) mass is 289 g/mol. The number of nitrogen functional groups attached to an aromatic ring is 1. The highest BCUT2D eigenvalue weighted by atomic mass is 32.2. The molecule has 2 heterocycles. The van der Waals surface area contributed by atoms with E-state index < -0.39 is 10.0 Å². The topological polar surface area (TPSA) is 76.3 Å². The molecule has 0 amide bonds. The van der Waals surface area contributed by atoms with Gasteiger partial charge < -0.3 is 5.73 Å². The molecular formula is C11H19N3O2S2. The molecule has 0 aromatic carbocycles. The average Bonchev–Trinajstić information content (AvgIpc) is 2.82. The van der Waals surface area contributed by atoms with Gasteiger partial charge in [0.2, 0.25) is 0 Å². The van der Waals surface area contributed by atoms with Crippen molar-refractivity contribution in [1.29, 1.82) is 0 Å². The molecule has 2 N–H and O–H groups in total. The minimum absolute atomic E-state index is 0.0580. The fourth-order valence-electron chi connectivity index (χ4n) is 2.60. The van der Waals surface area contributed by atoms with Gasteiger partial charge in [-0.05, 0) is 33.1 Å². The molecule has 1 aromatic heterocycles. The molecule has 18 heavy (non-hydrogen) atoms. The first-order chi connectivity index (χ1) is 8.37. The highest BCUT2D eigenvalue weighted by Crippen LogP contribution is 2.36. The number of sulfonamides is 1. The van der Waals surface area contributed by atoms with Crippen LogP contribution in [0.5, 0.6) is 0 Å². The van der Waals surface area contributed by atoms with E-state index in [0.717, 1.165) is 30.6 Å². The van der Waals surface area contributed by atoms with Crippen LogP contribution in [-0.2, 0) is 10.0 Å². The van der Waals surface area contributed by atoms with Crippen LogP contribution in [0.2, 0.25) is 0 Å². The van der Waals surface area contributed by atoms with Crippen LogP contribution in [0.4, 0.5) is 5.13 Å². The summed E-state index contributed by atoms with van der Waals surface area (Å²) >= 11 is 1.06. The van der Waals surface area contributed by atoms with Crippen molar-refractivity contribution < 1.29 is 8.42 Å². The first kappa shape index (κ1) is 13.8. The standard InChI is InChI=1S/C11H19N3O2S2/c1-4-9-6-5-7(2)14(9)18(15,16)10-8(3)13-11(12)17-10/h7,9H,4-6H2,1-3H3,(H2,12,13). The third-order valence-corrected chi connectivity index (χ3v) is 7.11. The van der Waals surface area contributed by atoms with Crippen molar-refractivity contribution >= 4 is 26.5 Å². The zero-order valence-electron chi connectivity index (χ0n) is 10.9. The molecule has 0 aliphatic carbocycles. The number of aromatic nitrogens is 1. The molecule has 2 unspecified atom stereocenters. The van der Waals surface area contributed by atoms with Crippen molar-refractivity contribution in [1.82, 2.24) is 9.29 Å². The Balaban J connectivity index is 2.45. The third-order valence-electron chi connectivity index (χ3n) is 3.47. The molecule has 1 aromatic rings. The zero-order chi connectivity index (χ0) is 13.5. The van der Waals surface area contributed by atoms with Gasteiger partial charge in [-0.15, -0.1) is 0 Å². The molecule has 5 nitrogen and oxygen atoms in total. The van der Waals surface area contributed by atoms with Crippen LogP contribution < -0.4 is 5.73 Å². The first-order valence-corrected chi connectivity index (χ1v) is 8.40. The van der Waals surface area contributed by atoms with E-state index >= 15 is 0 Å². The SMILES string of the molecule is CCC1CCC(C)N1S(=O)(=O)c1sc(N)nc1C. The summed E-state index contributed by atoms with van der Waals surface area (Å²) in [6, 6.07) is 0.162. The first-order valence-electron chi connectivity index (χ1n) is 6.14. The lowest BCUT2D eigenvalue weighted by atomic mass is 10.2. The summed E-state index contributed by atoms with van der Waals surface area (Å²) in [4.78, 5) is 4.02. The van der Waals surface area contributed by atoms with Gasteiger partial charge in [0.25, 0.3) is 10.0 Å². The molecule has 0 bridgehead atoms. The van der Waals surface area contributed by atoms with Gasteiger partial charge in [-0.3, -0.25) is 0 Å². The second kappa shape index (κ2) is 4.79. The van der Waals surface area contributed by atoms with E-state index in [1.54, 1.807) is 11.2 Å². The molecule has 102 valence electrons. The average molecular weight is 289 g/mol. The highest BCUT2D eigenvalue weighted by Gasteiger charge is 2.40. The summed E-state index contributed by atoms with van der Waals surface area (Å²) in [5.74, 6) is 0. The van der Waals surface area contributed by atoms with Gasteiger partial charge in [0.05, 0.1) is 5.69 Å². The Bertz CT molecular complexity index is 538. The lowest BCUT2D eigenvalue weighted by molar-refractivity contribution is 0.329. The van der Waals surface area contributed by atoms with E-state index in [4.69, 9.17) is 5.73 Å². The van der Waals surface area contributed by atoms with Crippen molar-refractivity contribution in [2.75, 3.05) is 5.73 Å². The van der Waals surface area contributed by atoms with Crippen LogP contribution >= 0.6 is 11.3 Å². The number of anilines is 1. The van der Waals surface area contributed by atoms with Crippen LogP contribution in [0, 0.1) is 6.92 Å². The van der Waals surface area contributed by atoms with Crippen molar-refractivity contribution in [3.63, 3.8) is 0 Å². The normalized spacial score (nSPS) is 25.7. The molecule has 2 rings (SSSR count). The van der Waals surface area contributed by atoms with Gasteiger partial charge in [-0.1, -0.05) is 18.3 Å². The summed E-state index contributed by atoms with van der Waals surface area (Å²) in [5, 5.41) is 0.311.